The van der Waals surface area contributed by atoms with Gasteiger partial charge in [-0.05, 0) is 48.6 Å². The van der Waals surface area contributed by atoms with Crippen LogP contribution in [0.15, 0.2) is 23.3 Å². The number of nitrogens with zero attached hydrogens (tertiary/aromatic N) is 3. The standard InChI is InChI=1S/C14H16IN3O3/c1-3-17(4-2)11(19)7-18-8-16-12-9(14(18)21)5-6-10(15)13(12)20/h5-6,8,20H,3-4,7H2,1-2H3. The first-order valence-electron chi connectivity index (χ1n) is 6.64. The lowest BCUT2D eigenvalue weighted by Gasteiger charge is -2.19. The van der Waals surface area contributed by atoms with Crippen LogP contribution in [-0.2, 0) is 11.3 Å². The van der Waals surface area contributed by atoms with Crippen LogP contribution in [0.1, 0.15) is 13.8 Å². The van der Waals surface area contributed by atoms with Gasteiger partial charge in [0.25, 0.3) is 5.56 Å². The van der Waals surface area contributed by atoms with Gasteiger partial charge in [0.05, 0.1) is 15.3 Å². The van der Waals surface area contributed by atoms with Crippen LogP contribution in [0.4, 0.5) is 0 Å². The number of aromatic hydroxyl groups is 1. The first-order valence-corrected chi connectivity index (χ1v) is 7.71. The summed E-state index contributed by atoms with van der Waals surface area (Å²) in [5, 5.41) is 10.2. The van der Waals surface area contributed by atoms with E-state index in [0.717, 1.165) is 0 Å². The number of carbonyl (C=O) groups excluding carboxylic acids is 1. The summed E-state index contributed by atoms with van der Waals surface area (Å²) >= 11 is 1.97. The minimum atomic E-state index is -0.327. The van der Waals surface area contributed by atoms with Crippen molar-refractivity contribution >= 4 is 39.4 Å². The quantitative estimate of drug-likeness (QED) is 0.790. The van der Waals surface area contributed by atoms with Crippen LogP contribution >= 0.6 is 22.6 Å². The molecule has 112 valence electrons. The lowest BCUT2D eigenvalue weighted by Crippen LogP contribution is -2.36. The zero-order chi connectivity index (χ0) is 15.6. The Balaban J connectivity index is 2.44. The van der Waals surface area contributed by atoms with E-state index in [9.17, 15) is 14.7 Å². The number of benzene rings is 1. The minimum absolute atomic E-state index is 0.00702. The molecule has 2 rings (SSSR count). The first-order chi connectivity index (χ1) is 9.99. The summed E-state index contributed by atoms with van der Waals surface area (Å²) in [6.45, 7) is 4.94. The third kappa shape index (κ3) is 3.02. The Morgan fingerprint density at radius 2 is 2.05 bits per heavy atom. The molecule has 6 nitrogen and oxygen atoms in total. The van der Waals surface area contributed by atoms with E-state index in [0.29, 0.717) is 22.0 Å². The number of rotatable bonds is 4. The molecule has 0 aliphatic rings. The number of likely N-dealkylation sites (N-methyl/N-ethyl adjacent to an activating group) is 1. The van der Waals surface area contributed by atoms with Gasteiger partial charge in [0, 0.05) is 13.1 Å². The molecule has 1 N–H and O–H groups in total. The number of carbonyl (C=O) groups is 1. The van der Waals surface area contributed by atoms with E-state index < -0.39 is 0 Å². The van der Waals surface area contributed by atoms with Crippen LogP contribution in [0.3, 0.4) is 0 Å². The second-order valence-electron chi connectivity index (χ2n) is 4.54. The third-order valence-electron chi connectivity index (χ3n) is 3.34. The average molecular weight is 401 g/mol. The van der Waals surface area contributed by atoms with Crippen LogP contribution in [0, 0.1) is 3.57 Å². The fourth-order valence-corrected chi connectivity index (χ4v) is 2.56. The molecule has 1 heterocycles. The lowest BCUT2D eigenvalue weighted by molar-refractivity contribution is -0.131. The second kappa shape index (κ2) is 6.42. The van der Waals surface area contributed by atoms with E-state index in [4.69, 9.17) is 0 Å². The lowest BCUT2D eigenvalue weighted by atomic mass is 10.2. The molecule has 0 radical (unpaired) electrons. The van der Waals surface area contributed by atoms with Gasteiger partial charge in [-0.15, -0.1) is 0 Å². The van der Waals surface area contributed by atoms with Crippen molar-refractivity contribution in [3.63, 3.8) is 0 Å². The molecule has 0 spiro atoms. The predicted octanol–water partition coefficient (Wildman–Crippen LogP) is 1.58. The number of amides is 1. The molecule has 7 heteroatoms. The molecule has 0 bridgehead atoms. The number of phenols is 1. The van der Waals surface area contributed by atoms with E-state index in [2.05, 4.69) is 4.98 Å². The molecule has 21 heavy (non-hydrogen) atoms. The average Bonchev–Trinajstić information content (AvgIpc) is 2.47. The van der Waals surface area contributed by atoms with Crippen molar-refractivity contribution in [2.45, 2.75) is 20.4 Å². The number of fused-ring (bicyclic) bond motifs is 1. The fraction of sp³-hybridized carbons (Fsp3) is 0.357. The summed E-state index contributed by atoms with van der Waals surface area (Å²) in [6, 6.07) is 3.27. The Bertz CT molecular complexity index is 738. The van der Waals surface area contributed by atoms with Crippen molar-refractivity contribution in [3.05, 3.63) is 32.4 Å². The molecular weight excluding hydrogens is 385 g/mol. The number of hydrogen-bond donors (Lipinski definition) is 1. The van der Waals surface area contributed by atoms with E-state index in [-0.39, 0.29) is 29.3 Å². The van der Waals surface area contributed by atoms with E-state index >= 15 is 0 Å². The van der Waals surface area contributed by atoms with Crippen molar-refractivity contribution in [2.24, 2.45) is 0 Å². The first kappa shape index (κ1) is 15.7. The van der Waals surface area contributed by atoms with Gasteiger partial charge < -0.3 is 10.0 Å². The summed E-state index contributed by atoms with van der Waals surface area (Å²) in [5.74, 6) is -0.134. The number of hydrogen-bond acceptors (Lipinski definition) is 4. The van der Waals surface area contributed by atoms with Gasteiger partial charge in [0.2, 0.25) is 5.91 Å². The van der Waals surface area contributed by atoms with E-state index in [1.54, 1.807) is 17.0 Å². The Kier molecular flexibility index (Phi) is 4.81. The van der Waals surface area contributed by atoms with Gasteiger partial charge in [-0.1, -0.05) is 0 Å². The molecular formula is C14H16IN3O3. The summed E-state index contributed by atoms with van der Waals surface area (Å²) < 4.78 is 1.90. The maximum atomic E-state index is 12.4. The predicted molar refractivity (Wildman–Crippen MR) is 88.3 cm³/mol. The Hall–Kier alpha value is -1.64. The van der Waals surface area contributed by atoms with Gasteiger partial charge >= 0.3 is 0 Å². The Morgan fingerprint density at radius 3 is 2.67 bits per heavy atom. The molecule has 0 unspecified atom stereocenters. The minimum Gasteiger partial charge on any atom is -0.505 e. The van der Waals surface area contributed by atoms with Crippen LogP contribution in [0.5, 0.6) is 5.75 Å². The second-order valence-corrected chi connectivity index (χ2v) is 5.70. The molecule has 1 aromatic carbocycles. The Labute approximate surface area is 135 Å². The summed E-state index contributed by atoms with van der Waals surface area (Å²) in [6.07, 6.45) is 1.31. The van der Waals surface area contributed by atoms with E-state index in [1.807, 2.05) is 36.4 Å². The van der Waals surface area contributed by atoms with Crippen molar-refractivity contribution in [3.8, 4) is 5.75 Å². The van der Waals surface area contributed by atoms with Crippen molar-refractivity contribution in [1.82, 2.24) is 14.5 Å². The highest BCUT2D eigenvalue weighted by Gasteiger charge is 2.14. The molecule has 0 saturated heterocycles. The fourth-order valence-electron chi connectivity index (χ4n) is 2.13. The molecule has 0 aliphatic carbocycles. The molecule has 0 fully saturated rings. The van der Waals surface area contributed by atoms with Crippen LogP contribution in [0.25, 0.3) is 10.9 Å². The zero-order valence-electron chi connectivity index (χ0n) is 11.8. The van der Waals surface area contributed by atoms with Gasteiger partial charge in [-0.2, -0.15) is 0 Å². The largest absolute Gasteiger partial charge is 0.505 e. The highest BCUT2D eigenvalue weighted by Crippen LogP contribution is 2.25. The zero-order valence-corrected chi connectivity index (χ0v) is 14.0. The molecule has 1 amide bonds. The topological polar surface area (TPSA) is 75.4 Å². The summed E-state index contributed by atoms with van der Waals surface area (Å²) in [4.78, 5) is 30.2. The highest BCUT2D eigenvalue weighted by molar-refractivity contribution is 14.1. The maximum absolute atomic E-state index is 12.4. The van der Waals surface area contributed by atoms with Crippen molar-refractivity contribution in [1.29, 1.82) is 0 Å². The number of aromatic nitrogens is 2. The highest BCUT2D eigenvalue weighted by atomic mass is 127. The van der Waals surface area contributed by atoms with E-state index in [1.165, 1.54) is 10.9 Å². The number of halogens is 1. The Morgan fingerprint density at radius 1 is 1.38 bits per heavy atom. The van der Waals surface area contributed by atoms with Gasteiger partial charge in [0.1, 0.15) is 12.1 Å². The molecule has 0 aliphatic heterocycles. The SMILES string of the molecule is CCN(CC)C(=O)Cn1cnc2c(O)c(I)ccc2c1=O. The molecule has 2 aromatic rings. The summed E-state index contributed by atoms with van der Waals surface area (Å²) in [7, 11) is 0. The molecule has 1 aromatic heterocycles. The van der Waals surface area contributed by atoms with Crippen LogP contribution in [0.2, 0.25) is 0 Å². The smallest absolute Gasteiger partial charge is 0.261 e. The monoisotopic (exact) mass is 401 g/mol. The molecule has 0 saturated carbocycles. The maximum Gasteiger partial charge on any atom is 0.261 e. The third-order valence-corrected chi connectivity index (χ3v) is 4.21. The van der Waals surface area contributed by atoms with Gasteiger partial charge in [0.15, 0.2) is 5.75 Å². The van der Waals surface area contributed by atoms with Crippen LogP contribution in [-0.4, -0.2) is 38.6 Å². The summed E-state index contributed by atoms with van der Waals surface area (Å²) in [5.41, 5.74) is -0.0642. The normalized spacial score (nSPS) is 10.8. The van der Waals surface area contributed by atoms with Gasteiger partial charge in [-0.3, -0.25) is 14.2 Å². The van der Waals surface area contributed by atoms with Gasteiger partial charge in [-0.25, -0.2) is 4.98 Å². The number of phenolic OH excluding ortho intramolecular Hbond substituents is 1. The van der Waals surface area contributed by atoms with Crippen molar-refractivity contribution in [2.75, 3.05) is 13.1 Å². The van der Waals surface area contributed by atoms with Crippen molar-refractivity contribution < 1.29 is 9.90 Å². The van der Waals surface area contributed by atoms with Crippen LogP contribution < -0.4 is 5.56 Å². The molecule has 0 atom stereocenters.